The van der Waals surface area contributed by atoms with Crippen molar-refractivity contribution in [3.63, 3.8) is 0 Å². The Bertz CT molecular complexity index is 833. The van der Waals surface area contributed by atoms with Gasteiger partial charge in [-0.05, 0) is 53.8 Å². The number of hydrogen-bond donors (Lipinski definition) is 1. The number of benzene rings is 2. The Morgan fingerprint density at radius 1 is 1.14 bits per heavy atom. The van der Waals surface area contributed by atoms with Crippen LogP contribution in [0.5, 0.6) is 0 Å². The number of hydrogen-bond acceptors (Lipinski definition) is 4. The van der Waals surface area contributed by atoms with E-state index in [2.05, 4.69) is 21.4 Å². The Kier molecular flexibility index (Phi) is 7.50. The first-order valence-corrected chi connectivity index (χ1v) is 10.4. The summed E-state index contributed by atoms with van der Waals surface area (Å²) in [6, 6.07) is 14.3. The monoisotopic (exact) mass is 418 g/mol. The minimum Gasteiger partial charge on any atom is -0.348 e. The lowest BCUT2D eigenvalue weighted by Crippen LogP contribution is -2.48. The topological polar surface area (TPSA) is 44.9 Å². The molecule has 0 radical (unpaired) electrons. The fourth-order valence-corrected chi connectivity index (χ4v) is 3.76. The normalized spacial score (nSPS) is 15.7. The van der Waals surface area contributed by atoms with Gasteiger partial charge in [0.05, 0.1) is 5.70 Å². The lowest BCUT2D eigenvalue weighted by Gasteiger charge is -2.35. The van der Waals surface area contributed by atoms with Crippen molar-refractivity contribution in [3.8, 4) is 0 Å². The lowest BCUT2D eigenvalue weighted by molar-refractivity contribution is 0.186. The molecule has 1 aliphatic heterocycles. The Hall–Kier alpha value is -1.86. The molecule has 1 aliphatic rings. The number of rotatable bonds is 5. The molecule has 2 aromatic carbocycles. The second kappa shape index (κ2) is 10.1. The molecule has 0 bridgehead atoms. The van der Waals surface area contributed by atoms with Crippen LogP contribution in [0.1, 0.15) is 11.1 Å². The number of amidine groups is 1. The smallest absolute Gasteiger partial charge is 0.179 e. The molecule has 7 heteroatoms. The average Bonchev–Trinajstić information content (AvgIpc) is 2.71. The van der Waals surface area contributed by atoms with Gasteiger partial charge in [-0.15, -0.1) is 0 Å². The molecule has 1 fully saturated rings. The highest BCUT2D eigenvalue weighted by molar-refractivity contribution is 8.11. The molecule has 0 atom stereocenters. The van der Waals surface area contributed by atoms with Gasteiger partial charge in [0.1, 0.15) is 5.82 Å². The van der Waals surface area contributed by atoms with E-state index in [0.29, 0.717) is 10.7 Å². The van der Waals surface area contributed by atoms with Crippen molar-refractivity contribution in [2.24, 2.45) is 10.1 Å². The van der Waals surface area contributed by atoms with Crippen molar-refractivity contribution in [3.05, 3.63) is 77.1 Å². The maximum atomic E-state index is 13.3. The van der Waals surface area contributed by atoms with Gasteiger partial charge < -0.3 is 4.90 Å². The molecule has 0 aliphatic carbocycles. The summed E-state index contributed by atoms with van der Waals surface area (Å²) in [5.41, 5.74) is 2.62. The first-order valence-electron chi connectivity index (χ1n) is 9.17. The first kappa shape index (κ1) is 20.9. The molecule has 1 saturated heterocycles. The molecule has 0 amide bonds. The van der Waals surface area contributed by atoms with E-state index in [1.165, 1.54) is 6.07 Å². The Morgan fingerprint density at radius 3 is 2.50 bits per heavy atom. The van der Waals surface area contributed by atoms with Crippen LogP contribution in [0.15, 0.2) is 60.1 Å². The molecular weight excluding hydrogens is 395 g/mol. The Labute approximate surface area is 175 Å². The van der Waals surface area contributed by atoms with Gasteiger partial charge in [-0.2, -0.15) is 0 Å². The van der Waals surface area contributed by atoms with Gasteiger partial charge in [0.2, 0.25) is 0 Å². The quantitative estimate of drug-likeness (QED) is 0.447. The Morgan fingerprint density at radius 2 is 1.86 bits per heavy atom. The van der Waals surface area contributed by atoms with Crippen molar-refractivity contribution < 1.29 is 4.39 Å². The maximum Gasteiger partial charge on any atom is 0.179 e. The van der Waals surface area contributed by atoms with Crippen LogP contribution in [0.3, 0.4) is 0 Å². The summed E-state index contributed by atoms with van der Waals surface area (Å²) in [5.74, 6) is -0.177. The van der Waals surface area contributed by atoms with Crippen molar-refractivity contribution in [1.82, 2.24) is 9.80 Å². The van der Waals surface area contributed by atoms with Crippen LogP contribution in [0.4, 0.5) is 4.39 Å². The van der Waals surface area contributed by atoms with Crippen molar-refractivity contribution >= 4 is 34.4 Å². The van der Waals surface area contributed by atoms with Crippen molar-refractivity contribution in [1.29, 1.82) is 0 Å². The molecule has 3 rings (SSSR count). The minimum absolute atomic E-state index is 0.177. The highest BCUT2D eigenvalue weighted by Gasteiger charge is 2.20. The van der Waals surface area contributed by atoms with E-state index in [-0.39, 0.29) is 5.82 Å². The summed E-state index contributed by atoms with van der Waals surface area (Å²) in [5, 5.41) is 7.32. The standard InChI is InChI=1S/C21H24ClFN4S/c1-16(18-5-7-19(22)8-6-18)25-21(28-24)27-13-11-26(12-14-27)10-9-17-3-2-4-20(23)15-17/h2-8,15H,1,9-14,24H2/b25-21-. The van der Waals surface area contributed by atoms with E-state index in [1.54, 1.807) is 12.1 Å². The van der Waals surface area contributed by atoms with E-state index in [4.69, 9.17) is 16.7 Å². The molecule has 2 N–H and O–H groups in total. The largest absolute Gasteiger partial charge is 0.348 e. The molecule has 0 aromatic heterocycles. The van der Waals surface area contributed by atoms with Gasteiger partial charge >= 0.3 is 0 Å². The summed E-state index contributed by atoms with van der Waals surface area (Å²) in [6.45, 7) is 8.50. The summed E-state index contributed by atoms with van der Waals surface area (Å²) >= 11 is 7.08. The van der Waals surface area contributed by atoms with Gasteiger partial charge in [-0.25, -0.2) is 9.38 Å². The predicted molar refractivity (Wildman–Crippen MR) is 118 cm³/mol. The summed E-state index contributed by atoms with van der Waals surface area (Å²) in [4.78, 5) is 9.20. The summed E-state index contributed by atoms with van der Waals surface area (Å²) in [6.07, 6.45) is 0.845. The molecule has 148 valence electrons. The van der Waals surface area contributed by atoms with E-state index in [0.717, 1.165) is 67.4 Å². The van der Waals surface area contributed by atoms with E-state index < -0.39 is 0 Å². The third-order valence-corrected chi connectivity index (χ3v) is 5.57. The fourth-order valence-electron chi connectivity index (χ4n) is 3.14. The van der Waals surface area contributed by atoms with Crippen LogP contribution < -0.4 is 5.14 Å². The predicted octanol–water partition coefficient (Wildman–Crippen LogP) is 4.27. The molecule has 0 saturated carbocycles. The van der Waals surface area contributed by atoms with E-state index in [9.17, 15) is 4.39 Å². The van der Waals surface area contributed by atoms with Crippen LogP contribution in [0.25, 0.3) is 5.70 Å². The molecule has 28 heavy (non-hydrogen) atoms. The second-order valence-electron chi connectivity index (χ2n) is 6.67. The summed E-state index contributed by atoms with van der Waals surface area (Å²) in [7, 11) is 0. The second-order valence-corrected chi connectivity index (χ2v) is 7.71. The van der Waals surface area contributed by atoms with Crippen molar-refractivity contribution in [2.45, 2.75) is 6.42 Å². The highest BCUT2D eigenvalue weighted by Crippen LogP contribution is 2.20. The van der Waals surface area contributed by atoms with Gasteiger partial charge in [-0.3, -0.25) is 10.0 Å². The zero-order chi connectivity index (χ0) is 19.9. The van der Waals surface area contributed by atoms with Crippen LogP contribution in [-0.2, 0) is 6.42 Å². The van der Waals surface area contributed by atoms with Gasteiger partial charge in [-0.1, -0.05) is 42.4 Å². The third kappa shape index (κ3) is 5.82. The minimum atomic E-state index is -0.177. The molecule has 4 nitrogen and oxygen atoms in total. The van der Waals surface area contributed by atoms with Gasteiger partial charge in [0.25, 0.3) is 0 Å². The zero-order valence-corrected chi connectivity index (χ0v) is 17.2. The van der Waals surface area contributed by atoms with Crippen LogP contribution in [-0.4, -0.2) is 47.7 Å². The highest BCUT2D eigenvalue weighted by atomic mass is 35.5. The fraction of sp³-hybridized carbons (Fsp3) is 0.286. The number of halogens is 2. The number of nitrogens with zero attached hydrogens (tertiary/aromatic N) is 3. The number of piperazine rings is 1. The zero-order valence-electron chi connectivity index (χ0n) is 15.7. The van der Waals surface area contributed by atoms with Gasteiger partial charge in [0.15, 0.2) is 5.17 Å². The maximum absolute atomic E-state index is 13.3. The molecule has 1 heterocycles. The number of aliphatic imine (C=N–C) groups is 1. The van der Waals surface area contributed by atoms with E-state index in [1.807, 2.05) is 30.3 Å². The first-order chi connectivity index (χ1) is 13.5. The molecule has 0 spiro atoms. The van der Waals surface area contributed by atoms with Crippen LogP contribution in [0.2, 0.25) is 5.02 Å². The molecule has 0 unspecified atom stereocenters. The van der Waals surface area contributed by atoms with Crippen LogP contribution in [0, 0.1) is 5.82 Å². The van der Waals surface area contributed by atoms with Crippen molar-refractivity contribution in [2.75, 3.05) is 32.7 Å². The SMILES string of the molecule is C=C(/N=C(\SN)N1CCN(CCc2cccc(F)c2)CC1)c1ccc(Cl)cc1. The number of nitrogens with two attached hydrogens (primary N) is 1. The third-order valence-electron chi connectivity index (χ3n) is 4.76. The lowest BCUT2D eigenvalue weighted by atomic mass is 10.1. The summed E-state index contributed by atoms with van der Waals surface area (Å²) < 4.78 is 13.3. The van der Waals surface area contributed by atoms with Gasteiger partial charge in [0, 0.05) is 37.7 Å². The molecule has 2 aromatic rings. The average molecular weight is 419 g/mol. The van der Waals surface area contributed by atoms with E-state index >= 15 is 0 Å². The van der Waals surface area contributed by atoms with Crippen LogP contribution >= 0.6 is 23.5 Å². The Balaban J connectivity index is 1.53. The molecular formula is C21H24ClFN4S.